The highest BCUT2D eigenvalue weighted by molar-refractivity contribution is 6.04. The van der Waals surface area contributed by atoms with E-state index in [1.807, 2.05) is 12.1 Å². The Morgan fingerprint density at radius 3 is 2.59 bits per heavy atom. The van der Waals surface area contributed by atoms with E-state index in [4.69, 9.17) is 11.6 Å². The third-order valence-electron chi connectivity index (χ3n) is 6.29. The average molecular weight is 458 g/mol. The lowest BCUT2D eigenvalue weighted by Crippen LogP contribution is -2.54. The van der Waals surface area contributed by atoms with Crippen molar-refractivity contribution in [1.82, 2.24) is 29.7 Å². The molecule has 5 rings (SSSR count). The second-order valence-electron chi connectivity index (χ2n) is 8.36. The standard InChI is InChI=1S/C23H22N8O3/c1-24-22-26-9-14(10-27-22)17-3-4-18-20(28-17)21-15(11-25-18)12-29(2)23(34)31(21)16-5-7-30(8-6-16)19(33)13-32/h3-4,9-11,16,32H,5-8,12-13H2,2H3. The summed E-state index contributed by atoms with van der Waals surface area (Å²) < 4.78 is 0. The van der Waals surface area contributed by atoms with Crippen LogP contribution in [-0.4, -0.2) is 79.6 Å². The van der Waals surface area contributed by atoms with Crippen molar-refractivity contribution < 1.29 is 14.7 Å². The summed E-state index contributed by atoms with van der Waals surface area (Å²) in [6.07, 6.45) is 6.09. The quantitative estimate of drug-likeness (QED) is 0.596. The van der Waals surface area contributed by atoms with Crippen LogP contribution in [0.5, 0.6) is 0 Å². The summed E-state index contributed by atoms with van der Waals surface area (Å²) in [6.45, 7) is 7.89. The zero-order valence-corrected chi connectivity index (χ0v) is 18.5. The first-order chi connectivity index (χ1) is 16.5. The van der Waals surface area contributed by atoms with Crippen molar-refractivity contribution in [2.75, 3.05) is 31.6 Å². The summed E-state index contributed by atoms with van der Waals surface area (Å²) in [5.41, 5.74) is 4.19. The van der Waals surface area contributed by atoms with Crippen LogP contribution in [-0.2, 0) is 11.3 Å². The van der Waals surface area contributed by atoms with E-state index in [1.54, 1.807) is 40.3 Å². The molecule has 172 valence electrons. The Labute approximate surface area is 195 Å². The first-order valence-corrected chi connectivity index (χ1v) is 10.9. The molecule has 5 heterocycles. The van der Waals surface area contributed by atoms with Crippen molar-refractivity contribution in [2.24, 2.45) is 0 Å². The summed E-state index contributed by atoms with van der Waals surface area (Å²) >= 11 is 0. The van der Waals surface area contributed by atoms with Gasteiger partial charge in [-0.2, -0.15) is 9.97 Å². The Bertz CT molecular complexity index is 1310. The third kappa shape index (κ3) is 3.68. The minimum absolute atomic E-state index is 0.0643. The number of nitrogens with zero attached hydrogens (tertiary/aromatic N) is 8. The maximum atomic E-state index is 13.4. The summed E-state index contributed by atoms with van der Waals surface area (Å²) in [7, 11) is 1.76. The number of rotatable bonds is 3. The molecule has 0 spiro atoms. The van der Waals surface area contributed by atoms with Gasteiger partial charge in [0.2, 0.25) is 5.91 Å². The van der Waals surface area contributed by atoms with Gasteiger partial charge in [0.15, 0.2) is 0 Å². The molecule has 3 aromatic heterocycles. The molecule has 1 saturated heterocycles. The van der Waals surface area contributed by atoms with Crippen LogP contribution < -0.4 is 4.90 Å². The number of carbonyl (C=O) groups excluding carboxylic acids is 2. The average Bonchev–Trinajstić information content (AvgIpc) is 2.89. The number of amides is 3. The number of likely N-dealkylation sites (tertiary alicyclic amines) is 1. The highest BCUT2D eigenvalue weighted by Gasteiger charge is 2.37. The molecule has 0 saturated carbocycles. The number of carbonyl (C=O) groups is 2. The largest absolute Gasteiger partial charge is 0.394 e. The van der Waals surface area contributed by atoms with E-state index in [0.29, 0.717) is 54.8 Å². The van der Waals surface area contributed by atoms with Gasteiger partial charge in [0.25, 0.3) is 0 Å². The second kappa shape index (κ2) is 8.64. The lowest BCUT2D eigenvalue weighted by molar-refractivity contribution is -0.135. The second-order valence-corrected chi connectivity index (χ2v) is 8.36. The lowest BCUT2D eigenvalue weighted by Gasteiger charge is -2.43. The molecule has 0 radical (unpaired) electrons. The molecular formula is C23H22N8O3. The van der Waals surface area contributed by atoms with Crippen LogP contribution in [0.4, 0.5) is 16.4 Å². The number of hydrogen-bond acceptors (Lipinski definition) is 7. The Kier molecular flexibility index (Phi) is 5.51. The molecule has 0 bridgehead atoms. The van der Waals surface area contributed by atoms with Crippen molar-refractivity contribution >= 4 is 34.6 Å². The molecule has 34 heavy (non-hydrogen) atoms. The summed E-state index contributed by atoms with van der Waals surface area (Å²) in [6, 6.07) is 3.43. The van der Waals surface area contributed by atoms with Crippen LogP contribution in [0.1, 0.15) is 18.4 Å². The molecule has 0 unspecified atom stereocenters. The summed E-state index contributed by atoms with van der Waals surface area (Å²) in [5.74, 6) is -0.234. The normalized spacial score (nSPS) is 16.5. The van der Waals surface area contributed by atoms with E-state index in [-0.39, 0.29) is 23.9 Å². The van der Waals surface area contributed by atoms with Gasteiger partial charge in [-0.15, -0.1) is 6.57 Å². The molecule has 3 aromatic rings. The predicted octanol–water partition coefficient (Wildman–Crippen LogP) is 1.99. The van der Waals surface area contributed by atoms with Gasteiger partial charge in [0.1, 0.15) is 12.1 Å². The molecule has 2 aliphatic heterocycles. The van der Waals surface area contributed by atoms with Crippen LogP contribution in [0.15, 0.2) is 30.7 Å². The van der Waals surface area contributed by atoms with Crippen molar-refractivity contribution in [3.05, 3.63) is 47.7 Å². The number of aliphatic hydroxyl groups is 1. The smallest absolute Gasteiger partial charge is 0.371 e. The van der Waals surface area contributed by atoms with Crippen molar-refractivity contribution in [2.45, 2.75) is 25.4 Å². The Hall–Kier alpha value is -4.17. The minimum atomic E-state index is -0.511. The van der Waals surface area contributed by atoms with Gasteiger partial charge in [-0.05, 0) is 25.0 Å². The number of fused-ring (bicyclic) bond motifs is 3. The summed E-state index contributed by atoms with van der Waals surface area (Å²) in [4.78, 5) is 51.0. The van der Waals surface area contributed by atoms with Gasteiger partial charge in [-0.3, -0.25) is 14.7 Å². The van der Waals surface area contributed by atoms with Crippen LogP contribution >= 0.6 is 0 Å². The summed E-state index contributed by atoms with van der Waals surface area (Å²) in [5, 5.41) is 9.18. The molecule has 0 aromatic carbocycles. The number of piperidine rings is 1. The van der Waals surface area contributed by atoms with Crippen molar-refractivity contribution in [3.63, 3.8) is 0 Å². The lowest BCUT2D eigenvalue weighted by atomic mass is 9.99. The fraction of sp³-hybridized carbons (Fsp3) is 0.348. The molecular weight excluding hydrogens is 436 g/mol. The van der Waals surface area contributed by atoms with Gasteiger partial charge in [0.05, 0.1) is 41.4 Å². The van der Waals surface area contributed by atoms with Gasteiger partial charge in [-0.25, -0.2) is 9.78 Å². The fourth-order valence-electron chi connectivity index (χ4n) is 4.56. The highest BCUT2D eigenvalue weighted by atomic mass is 16.3. The number of hydrogen-bond donors (Lipinski definition) is 1. The first kappa shape index (κ1) is 21.7. The number of urea groups is 1. The van der Waals surface area contributed by atoms with Crippen molar-refractivity contribution in [1.29, 1.82) is 0 Å². The number of aliphatic hydroxyl groups excluding tert-OH is 1. The SMILES string of the molecule is [C-]#[N+]c1ncc(-c2ccc3ncc4c(c3n2)N(C2CCN(C(=O)CO)CC2)C(=O)N(C)C4)cn1. The highest BCUT2D eigenvalue weighted by Crippen LogP contribution is 2.37. The Morgan fingerprint density at radius 1 is 1.18 bits per heavy atom. The van der Waals surface area contributed by atoms with E-state index < -0.39 is 6.61 Å². The van der Waals surface area contributed by atoms with Crippen LogP contribution in [0.2, 0.25) is 0 Å². The van der Waals surface area contributed by atoms with E-state index in [0.717, 1.165) is 11.3 Å². The van der Waals surface area contributed by atoms with Gasteiger partial charge in [-0.1, -0.05) is 0 Å². The molecule has 11 nitrogen and oxygen atoms in total. The molecule has 2 aliphatic rings. The van der Waals surface area contributed by atoms with Gasteiger partial charge in [0, 0.05) is 37.9 Å². The zero-order valence-electron chi connectivity index (χ0n) is 18.5. The Balaban J connectivity index is 1.57. The zero-order chi connectivity index (χ0) is 23.8. The van der Waals surface area contributed by atoms with Crippen molar-refractivity contribution in [3.8, 4) is 11.3 Å². The maximum Gasteiger partial charge on any atom is 0.371 e. The van der Waals surface area contributed by atoms with Gasteiger partial charge >= 0.3 is 12.0 Å². The molecule has 0 aliphatic carbocycles. The van der Waals surface area contributed by atoms with E-state index in [9.17, 15) is 14.7 Å². The molecule has 3 amide bonds. The van der Waals surface area contributed by atoms with Gasteiger partial charge < -0.3 is 19.8 Å². The van der Waals surface area contributed by atoms with Crippen LogP contribution in [0.3, 0.4) is 0 Å². The van der Waals surface area contributed by atoms with E-state index in [1.165, 1.54) is 0 Å². The van der Waals surface area contributed by atoms with E-state index in [2.05, 4.69) is 19.8 Å². The number of anilines is 1. The minimum Gasteiger partial charge on any atom is -0.394 e. The number of aromatic nitrogens is 4. The third-order valence-corrected chi connectivity index (χ3v) is 6.29. The molecule has 1 fully saturated rings. The predicted molar refractivity (Wildman–Crippen MR) is 123 cm³/mol. The molecule has 0 atom stereocenters. The molecule has 1 N–H and O–H groups in total. The van der Waals surface area contributed by atoms with Crippen LogP contribution in [0, 0.1) is 6.57 Å². The monoisotopic (exact) mass is 458 g/mol. The fourth-order valence-corrected chi connectivity index (χ4v) is 4.56. The Morgan fingerprint density at radius 2 is 1.91 bits per heavy atom. The van der Waals surface area contributed by atoms with Crippen LogP contribution in [0.25, 0.3) is 27.1 Å². The molecule has 11 heteroatoms. The topological polar surface area (TPSA) is 120 Å². The van der Waals surface area contributed by atoms with E-state index >= 15 is 0 Å². The first-order valence-electron chi connectivity index (χ1n) is 10.9. The maximum absolute atomic E-state index is 13.4. The number of pyridine rings is 2.